The minimum absolute atomic E-state index is 0.0816. The fourth-order valence-electron chi connectivity index (χ4n) is 7.81. The number of aryl methyl sites for hydroxylation is 1. The Labute approximate surface area is 283 Å². The summed E-state index contributed by atoms with van der Waals surface area (Å²) < 4.78 is 87.8. The Bertz CT molecular complexity index is 2030. The predicted molar refractivity (Wildman–Crippen MR) is 163 cm³/mol. The van der Waals surface area contributed by atoms with Crippen LogP contribution in [0.5, 0.6) is 5.75 Å². The van der Waals surface area contributed by atoms with Crippen molar-refractivity contribution in [2.24, 2.45) is 17.8 Å². The molecule has 0 radical (unpaired) electrons. The van der Waals surface area contributed by atoms with Crippen LogP contribution < -0.4 is 9.80 Å². The summed E-state index contributed by atoms with van der Waals surface area (Å²) in [5, 5.41) is 10.9. The van der Waals surface area contributed by atoms with Gasteiger partial charge < -0.3 is 5.11 Å². The molecule has 7 nitrogen and oxygen atoms in total. The molecule has 0 unspecified atom stereocenters. The van der Waals surface area contributed by atoms with Crippen molar-refractivity contribution in [3.63, 3.8) is 0 Å². The first-order valence-corrected chi connectivity index (χ1v) is 15.8. The van der Waals surface area contributed by atoms with E-state index in [0.29, 0.717) is 6.42 Å². The van der Waals surface area contributed by atoms with E-state index in [0.717, 1.165) is 28.7 Å². The van der Waals surface area contributed by atoms with Gasteiger partial charge in [0.15, 0.2) is 44.6 Å². The van der Waals surface area contributed by atoms with E-state index in [1.54, 1.807) is 24.3 Å². The van der Waals surface area contributed by atoms with E-state index in [2.05, 4.69) is 0 Å². The van der Waals surface area contributed by atoms with Crippen molar-refractivity contribution in [3.8, 4) is 5.75 Å². The maximum Gasteiger partial charge on any atom is 0.258 e. The van der Waals surface area contributed by atoms with Crippen molar-refractivity contribution in [1.82, 2.24) is 0 Å². The van der Waals surface area contributed by atoms with Gasteiger partial charge in [-0.2, -0.15) is 0 Å². The summed E-state index contributed by atoms with van der Waals surface area (Å²) >= 11 is 14.0. The zero-order chi connectivity index (χ0) is 35.5. The molecule has 0 bridgehead atoms. The molecule has 3 aromatic carbocycles. The van der Waals surface area contributed by atoms with Gasteiger partial charge in [0.2, 0.25) is 17.6 Å². The molecule has 2 saturated heterocycles. The lowest BCUT2D eigenvalue weighted by atomic mass is 9.56. The lowest BCUT2D eigenvalue weighted by Gasteiger charge is -2.50. The smallest absolute Gasteiger partial charge is 0.258 e. The minimum atomic E-state index is -2.88. The Kier molecular flexibility index (Phi) is 7.49. The highest BCUT2D eigenvalue weighted by Crippen LogP contribution is 2.66. The van der Waals surface area contributed by atoms with Crippen molar-refractivity contribution in [2.75, 3.05) is 9.80 Å². The molecule has 0 spiro atoms. The van der Waals surface area contributed by atoms with Crippen LogP contribution in [-0.2, 0) is 25.6 Å². The highest BCUT2D eigenvalue weighted by molar-refractivity contribution is 6.58. The Morgan fingerprint density at radius 1 is 0.796 bits per heavy atom. The number of amides is 4. The van der Waals surface area contributed by atoms with E-state index in [-0.39, 0.29) is 22.6 Å². The molecule has 7 rings (SSSR count). The zero-order valence-corrected chi connectivity index (χ0v) is 26.6. The van der Waals surface area contributed by atoms with Gasteiger partial charge in [0, 0.05) is 11.5 Å². The number of imide groups is 2. The summed E-state index contributed by atoms with van der Waals surface area (Å²) in [6.07, 6.45) is 1.30. The van der Waals surface area contributed by atoms with Gasteiger partial charge in [-0.15, -0.1) is 23.2 Å². The molecule has 2 aliphatic carbocycles. The van der Waals surface area contributed by atoms with Gasteiger partial charge in [-0.1, -0.05) is 42.8 Å². The summed E-state index contributed by atoms with van der Waals surface area (Å²) in [6, 6.07) is 9.77. The molecule has 1 saturated carbocycles. The summed E-state index contributed by atoms with van der Waals surface area (Å²) in [6.45, 7) is 1.92. The summed E-state index contributed by atoms with van der Waals surface area (Å²) in [7, 11) is 0. The fourth-order valence-corrected chi connectivity index (χ4v) is 8.74. The van der Waals surface area contributed by atoms with Crippen LogP contribution in [0.15, 0.2) is 54.1 Å². The Morgan fingerprint density at radius 3 is 2.02 bits per heavy atom. The Hall–Kier alpha value is -4.36. The highest BCUT2D eigenvalue weighted by atomic mass is 35.5. The number of benzene rings is 3. The zero-order valence-electron chi connectivity index (χ0n) is 25.0. The number of carbonyl (C=O) groups excluding carboxylic acids is 4. The average molecular weight is 723 g/mol. The van der Waals surface area contributed by atoms with Gasteiger partial charge in [-0.05, 0) is 48.9 Å². The van der Waals surface area contributed by atoms with Crippen LogP contribution >= 0.6 is 23.2 Å². The lowest BCUT2D eigenvalue weighted by molar-refractivity contribution is -0.125. The maximum atomic E-state index is 15.1. The van der Waals surface area contributed by atoms with Gasteiger partial charge in [-0.25, -0.2) is 31.2 Å². The van der Waals surface area contributed by atoms with Gasteiger partial charge in [-0.3, -0.25) is 24.1 Å². The maximum absolute atomic E-state index is 15.1. The quantitative estimate of drug-likeness (QED) is 0.0823. The molecule has 1 N–H and O–H groups in total. The first kappa shape index (κ1) is 33.2. The average Bonchev–Trinajstić information content (AvgIpc) is 3.42. The molecule has 0 aromatic heterocycles. The number of anilines is 2. The molecule has 49 heavy (non-hydrogen) atoms. The Morgan fingerprint density at radius 2 is 1.41 bits per heavy atom. The van der Waals surface area contributed by atoms with Crippen molar-refractivity contribution < 1.29 is 50.6 Å². The molecule has 2 heterocycles. The van der Waals surface area contributed by atoms with E-state index in [4.69, 9.17) is 23.2 Å². The topological polar surface area (TPSA) is 95.0 Å². The molecule has 3 fully saturated rings. The largest absolute Gasteiger partial charge is 0.505 e. The molecule has 2 aliphatic heterocycles. The molecule has 254 valence electrons. The van der Waals surface area contributed by atoms with Crippen LogP contribution in [0, 0.1) is 52.7 Å². The molecule has 6 atom stereocenters. The van der Waals surface area contributed by atoms with Crippen molar-refractivity contribution in [1.29, 1.82) is 0 Å². The fraction of sp³-hybridized carbons (Fsp3) is 0.294. The molecular weight excluding hydrogens is 701 g/mol. The standard InChI is InChI=1S/C34H22Cl2F6N2O5/c1-2-13-6-8-14(9-7-13)43-29(46)16-11-10-15-18(20(16)30(43)47)12-33(35)31(48)44(27-25(41)23(39)22(38)24(40)26(27)42)32(49)34(33,36)21(15)17-4-3-5-19(37)28(17)45/h3-10,16,18,20-21,45H,2,11-12H2,1H3/t16-,18+,20-,21+,33+,34-/m0/s1. The second-order valence-electron chi connectivity index (χ2n) is 12.4. The van der Waals surface area contributed by atoms with Gasteiger partial charge in [0.05, 0.1) is 17.5 Å². The molecule has 4 amide bonds. The minimum Gasteiger partial charge on any atom is -0.505 e. The number of phenols is 1. The summed E-state index contributed by atoms with van der Waals surface area (Å²) in [4.78, 5) is 51.3. The highest BCUT2D eigenvalue weighted by Gasteiger charge is 2.77. The van der Waals surface area contributed by atoms with Crippen LogP contribution in [0.3, 0.4) is 0 Å². The van der Waals surface area contributed by atoms with Crippen molar-refractivity contribution in [2.45, 2.75) is 41.9 Å². The van der Waals surface area contributed by atoms with E-state index < -0.39 is 115 Å². The van der Waals surface area contributed by atoms with Crippen LogP contribution in [0.1, 0.15) is 36.8 Å². The SMILES string of the molecule is CCc1ccc(N2C(=O)[C@H]3[C@H](CC=C4[C@H]3C[C@@]3(Cl)C(=O)N(c5c(F)c(F)c(F)c(F)c5F)C(=O)[C@@]3(Cl)[C@H]4c3cccc(F)c3O)C2=O)cc1. The number of para-hydroxylation sites is 1. The van der Waals surface area contributed by atoms with Crippen LogP contribution in [0.2, 0.25) is 0 Å². The van der Waals surface area contributed by atoms with Crippen LogP contribution in [0.25, 0.3) is 0 Å². The van der Waals surface area contributed by atoms with Crippen LogP contribution in [0.4, 0.5) is 37.7 Å². The predicted octanol–water partition coefficient (Wildman–Crippen LogP) is 6.56. The van der Waals surface area contributed by atoms with E-state index in [1.165, 1.54) is 6.08 Å². The number of alkyl halides is 2. The molecule has 4 aliphatic rings. The third kappa shape index (κ3) is 4.17. The molecule has 15 heteroatoms. The Balaban J connectivity index is 1.43. The van der Waals surface area contributed by atoms with E-state index >= 15 is 8.78 Å². The monoisotopic (exact) mass is 722 g/mol. The number of rotatable bonds is 4. The van der Waals surface area contributed by atoms with E-state index in [1.807, 2.05) is 6.92 Å². The molecule has 3 aromatic rings. The lowest BCUT2D eigenvalue weighted by Crippen LogP contribution is -2.60. The number of phenolic OH excluding ortho intramolecular Hbond substituents is 1. The summed E-state index contributed by atoms with van der Waals surface area (Å²) in [5.74, 6) is -24.7. The number of nitrogens with zero attached hydrogens (tertiary/aromatic N) is 2. The number of aromatic hydroxyl groups is 1. The summed E-state index contributed by atoms with van der Waals surface area (Å²) in [5.41, 5.74) is -1.09. The number of carbonyl (C=O) groups is 4. The third-order valence-electron chi connectivity index (χ3n) is 10.2. The number of hydrogen-bond acceptors (Lipinski definition) is 5. The van der Waals surface area contributed by atoms with Crippen LogP contribution in [-0.4, -0.2) is 38.5 Å². The molecular formula is C34H22Cl2F6N2O5. The van der Waals surface area contributed by atoms with Crippen molar-refractivity contribution >= 4 is 58.2 Å². The first-order chi connectivity index (χ1) is 23.1. The number of halogens is 8. The normalized spacial score (nSPS) is 29.3. The van der Waals surface area contributed by atoms with Crippen molar-refractivity contribution in [3.05, 3.63) is 100 Å². The second-order valence-corrected chi connectivity index (χ2v) is 13.6. The van der Waals surface area contributed by atoms with E-state index in [9.17, 15) is 41.8 Å². The van der Waals surface area contributed by atoms with Gasteiger partial charge in [0.1, 0.15) is 5.69 Å². The van der Waals surface area contributed by atoms with Gasteiger partial charge >= 0.3 is 0 Å². The first-order valence-electron chi connectivity index (χ1n) is 15.0. The number of hydrogen-bond donors (Lipinski definition) is 1. The number of fused-ring (bicyclic) bond motifs is 4. The second kappa shape index (κ2) is 11.1. The third-order valence-corrected chi connectivity index (χ3v) is 11.6. The number of allylic oxidation sites excluding steroid dienone is 2. The van der Waals surface area contributed by atoms with Gasteiger partial charge in [0.25, 0.3) is 11.8 Å².